The van der Waals surface area contributed by atoms with Gasteiger partial charge in [-0.15, -0.1) is 0 Å². The third-order valence-electron chi connectivity index (χ3n) is 0. The van der Waals surface area contributed by atoms with Crippen LogP contribution in [0.15, 0.2) is 0 Å². The fourth-order valence-corrected chi connectivity index (χ4v) is 0. The maximum Gasteiger partial charge on any atom is 1.00 e. The average molecular weight is 619 g/mol. The van der Waals surface area contributed by atoms with Crippen molar-refractivity contribution in [3.8, 4) is 0 Å². The van der Waals surface area contributed by atoms with E-state index in [2.05, 4.69) is 0 Å². The molecule has 0 aliphatic rings. The van der Waals surface area contributed by atoms with Crippen molar-refractivity contribution < 1.29 is 191 Å². The van der Waals surface area contributed by atoms with Gasteiger partial charge in [0.2, 0.25) is 0 Å². The van der Waals surface area contributed by atoms with E-state index in [0.717, 1.165) is 0 Å². The first-order valence-corrected chi connectivity index (χ1v) is 13.7. The van der Waals surface area contributed by atoms with Crippen LogP contribution in [0.3, 0.4) is 0 Å². The van der Waals surface area contributed by atoms with Crippen LogP contribution in [-0.4, -0.2) is 131 Å². The minimum atomic E-state index is -3.13. The fourth-order valence-electron chi connectivity index (χ4n) is 0. The van der Waals surface area contributed by atoms with Gasteiger partial charge in [0.1, 0.15) is 0 Å². The van der Waals surface area contributed by atoms with Gasteiger partial charge in [-0.05, 0) is 0 Å². The molecule has 0 saturated carbocycles. The number of hydrogen-bond donors (Lipinski definition) is 14. The standard InChI is InChI=1S/3Na.7H2O3Si.3H/c;;;7*1-4(2)3;;;/h;;;7*1-2H;;;/q3*+1;;;;;;;;3*-1. The molecule has 0 aliphatic carbocycles. The molecule has 0 aromatic carbocycles. The van der Waals surface area contributed by atoms with Gasteiger partial charge in [-0.25, -0.2) is 0 Å². The Balaban J connectivity index is -0.0000000134. The van der Waals surface area contributed by atoms with Crippen LogP contribution in [0.25, 0.3) is 0 Å². The van der Waals surface area contributed by atoms with Crippen LogP contribution in [0, 0.1) is 0 Å². The maximum atomic E-state index is 8.74. The van der Waals surface area contributed by atoms with Crippen LogP contribution in [0.1, 0.15) is 4.28 Å². The van der Waals surface area contributed by atoms with Gasteiger partial charge in [0.05, 0.1) is 0 Å². The Morgan fingerprint density at radius 1 is 0.258 bits per heavy atom. The van der Waals surface area contributed by atoms with Crippen LogP contribution < -0.4 is 88.7 Å². The molecule has 0 amide bonds. The van der Waals surface area contributed by atoms with E-state index in [9.17, 15) is 0 Å². The summed E-state index contributed by atoms with van der Waals surface area (Å²) in [6.45, 7) is 0. The Bertz CT molecular complexity index is 331. The van der Waals surface area contributed by atoms with E-state index in [1.54, 1.807) is 0 Å². The van der Waals surface area contributed by atoms with Gasteiger partial charge >= 0.3 is 153 Å². The maximum absolute atomic E-state index is 8.74. The van der Waals surface area contributed by atoms with Gasteiger partial charge in [0, 0.05) is 0 Å². The van der Waals surface area contributed by atoms with Crippen LogP contribution >= 0.6 is 0 Å². The Morgan fingerprint density at radius 2 is 0.258 bits per heavy atom. The molecule has 0 aromatic heterocycles. The van der Waals surface area contributed by atoms with E-state index in [-0.39, 0.29) is 93.0 Å². The monoisotopic (exact) mass is 618 g/mol. The number of hydrogen-bond acceptors (Lipinski definition) is 7. The summed E-state index contributed by atoms with van der Waals surface area (Å²) in [5.41, 5.74) is 0. The van der Waals surface area contributed by atoms with Gasteiger partial charge in [-0.3, -0.25) is 31.2 Å². The zero-order valence-corrected chi connectivity index (χ0v) is 28.6. The minimum absolute atomic E-state index is 0. The molecule has 174 valence electrons. The first-order valence-electron chi connectivity index (χ1n) is 4.56. The predicted molar refractivity (Wildman–Crippen MR) is 79.5 cm³/mol. The second kappa shape index (κ2) is 57.3. The molecule has 0 rings (SSSR count). The van der Waals surface area contributed by atoms with E-state index in [0.29, 0.717) is 0 Å². The molecule has 14 N–H and O–H groups in total. The van der Waals surface area contributed by atoms with E-state index in [1.165, 1.54) is 0 Å². The summed E-state index contributed by atoms with van der Waals surface area (Å²) in [6.07, 6.45) is 0. The Morgan fingerprint density at radius 3 is 0.258 bits per heavy atom. The molecule has 31 heavy (non-hydrogen) atoms. The van der Waals surface area contributed by atoms with E-state index in [1.807, 2.05) is 0 Å². The molecule has 0 aliphatic heterocycles. The van der Waals surface area contributed by atoms with Gasteiger partial charge < -0.3 is 71.4 Å². The molecule has 31 heteroatoms. The zero-order valence-electron chi connectivity index (χ0n) is 18.6. The van der Waals surface area contributed by atoms with Crippen molar-refractivity contribution >= 4 is 64.2 Å². The molecule has 0 saturated heterocycles. The molecule has 0 spiro atoms. The molecule has 0 radical (unpaired) electrons. The molecular weight excluding hydrogens is 602 g/mol. The van der Waals surface area contributed by atoms with Gasteiger partial charge in [-0.2, -0.15) is 0 Å². The molecule has 0 aromatic rings. The van der Waals surface area contributed by atoms with Crippen LogP contribution in [0.5, 0.6) is 0 Å². The van der Waals surface area contributed by atoms with Crippen molar-refractivity contribution in [1.82, 2.24) is 0 Å². The predicted octanol–water partition coefficient (Wildman–Crippen LogP) is -19.9. The third-order valence-corrected chi connectivity index (χ3v) is 0. The van der Waals surface area contributed by atoms with E-state index < -0.39 is 64.2 Å². The van der Waals surface area contributed by atoms with E-state index in [4.69, 9.17) is 98.4 Å². The average Bonchev–Trinajstić information content (AvgIpc) is 2.20. The summed E-state index contributed by atoms with van der Waals surface area (Å²) in [5, 5.41) is 0. The Labute approximate surface area is 252 Å². The quantitative estimate of drug-likeness (QED) is 0.112. The van der Waals surface area contributed by atoms with Gasteiger partial charge in [-0.1, -0.05) is 0 Å². The smallest absolute Gasteiger partial charge is 1.00 e. The molecule has 0 atom stereocenters. The van der Waals surface area contributed by atoms with Crippen molar-refractivity contribution in [2.75, 3.05) is 0 Å². The molecule has 0 bridgehead atoms. The molecule has 0 unspecified atom stereocenters. The van der Waals surface area contributed by atoms with E-state index >= 15 is 0 Å². The first-order chi connectivity index (χ1) is 12.1. The Kier molecular flexibility index (Phi) is 117. The zero-order chi connectivity index (χ0) is 25.0. The van der Waals surface area contributed by atoms with Crippen molar-refractivity contribution in [2.24, 2.45) is 0 Å². The second-order valence-electron chi connectivity index (χ2n) is 1.98. The molecule has 21 nitrogen and oxygen atoms in total. The molecular formula is H17Na3O21Si7. The van der Waals surface area contributed by atoms with Gasteiger partial charge in [0.25, 0.3) is 0 Å². The topological polar surface area (TPSA) is 403 Å². The molecule has 0 heterocycles. The van der Waals surface area contributed by atoms with Crippen molar-refractivity contribution in [3.05, 3.63) is 0 Å². The normalized spacial score (nSPS) is 5.42. The van der Waals surface area contributed by atoms with Crippen molar-refractivity contribution in [2.45, 2.75) is 0 Å². The third kappa shape index (κ3) is 240000. The SMILES string of the molecule is O=[Si](O)O.O=[Si](O)O.O=[Si](O)O.O=[Si](O)O.O=[Si](O)O.O=[Si](O)O.O=[Si](O)O.[H-].[H-].[H-].[Na+].[Na+].[Na+]. The summed E-state index contributed by atoms with van der Waals surface area (Å²) < 4.78 is 61.2. The largest absolute Gasteiger partial charge is 1.00 e. The summed E-state index contributed by atoms with van der Waals surface area (Å²) in [4.78, 5) is 100. The first kappa shape index (κ1) is 63.3. The molecule has 0 fully saturated rings. The summed E-state index contributed by atoms with van der Waals surface area (Å²) in [6, 6.07) is 0. The minimum Gasteiger partial charge on any atom is -1.00 e. The van der Waals surface area contributed by atoms with Crippen LogP contribution in [0.4, 0.5) is 0 Å². The fraction of sp³-hybridized carbons (Fsp3) is 0. The second-order valence-corrected chi connectivity index (χ2v) is 5.93. The van der Waals surface area contributed by atoms with Crippen LogP contribution in [0.2, 0.25) is 0 Å². The summed E-state index contributed by atoms with van der Waals surface area (Å²) in [7, 11) is -21.9. The van der Waals surface area contributed by atoms with Crippen LogP contribution in [-0.2, 0) is 31.2 Å². The summed E-state index contributed by atoms with van der Waals surface area (Å²) in [5.74, 6) is 0. The van der Waals surface area contributed by atoms with Crippen molar-refractivity contribution in [3.63, 3.8) is 0 Å². The van der Waals surface area contributed by atoms with Crippen molar-refractivity contribution in [1.29, 1.82) is 0 Å². The van der Waals surface area contributed by atoms with Gasteiger partial charge in [0.15, 0.2) is 0 Å². The Hall–Kier alpha value is 0.318. The number of rotatable bonds is 0. The summed E-state index contributed by atoms with van der Waals surface area (Å²) >= 11 is 0.